The summed E-state index contributed by atoms with van der Waals surface area (Å²) in [5, 5.41) is 11.5. The molecule has 2 heterocycles. The third-order valence-electron chi connectivity index (χ3n) is 6.35. The van der Waals surface area contributed by atoms with Gasteiger partial charge in [-0.25, -0.2) is 9.78 Å². The molecule has 166 valence electrons. The predicted molar refractivity (Wildman–Crippen MR) is 101 cm³/mol. The van der Waals surface area contributed by atoms with Gasteiger partial charge < -0.3 is 20.1 Å². The summed E-state index contributed by atoms with van der Waals surface area (Å²) in [7, 11) is 1.28. The molecule has 7 nitrogen and oxygen atoms in total. The van der Waals surface area contributed by atoms with Crippen LogP contribution in [0.4, 0.5) is 18.0 Å². The van der Waals surface area contributed by atoms with Gasteiger partial charge in [-0.3, -0.25) is 4.79 Å². The highest BCUT2D eigenvalue weighted by atomic mass is 19.4. The van der Waals surface area contributed by atoms with Gasteiger partial charge in [-0.2, -0.15) is 13.2 Å². The average molecular weight is 429 g/mol. The number of amides is 2. The van der Waals surface area contributed by atoms with Gasteiger partial charge in [0.25, 0.3) is 0 Å². The van der Waals surface area contributed by atoms with Crippen LogP contribution in [-0.4, -0.2) is 46.7 Å². The Hall–Kier alpha value is -2.52. The number of rotatable bonds is 4. The van der Waals surface area contributed by atoms with E-state index in [-0.39, 0.29) is 30.3 Å². The first-order chi connectivity index (χ1) is 14.0. The Balaban J connectivity index is 1.88. The van der Waals surface area contributed by atoms with E-state index in [4.69, 9.17) is 9.84 Å². The van der Waals surface area contributed by atoms with Crippen molar-refractivity contribution in [3.8, 4) is 5.88 Å². The van der Waals surface area contributed by atoms with Crippen LogP contribution in [0.15, 0.2) is 6.07 Å². The van der Waals surface area contributed by atoms with E-state index in [0.717, 1.165) is 6.07 Å². The Bertz CT molecular complexity index is 843. The molecule has 1 aromatic heterocycles. The van der Waals surface area contributed by atoms with Crippen LogP contribution in [-0.2, 0) is 23.9 Å². The molecule has 0 unspecified atom stereocenters. The number of ether oxygens (including phenoxy) is 1. The summed E-state index contributed by atoms with van der Waals surface area (Å²) in [6.45, 7) is 4.24. The molecule has 0 aromatic carbocycles. The quantitative estimate of drug-likeness (QED) is 0.765. The summed E-state index contributed by atoms with van der Waals surface area (Å²) in [5.41, 5.74) is -0.817. The first-order valence-electron chi connectivity index (χ1n) is 9.90. The molecule has 1 saturated carbocycles. The van der Waals surface area contributed by atoms with Crippen molar-refractivity contribution in [2.24, 2.45) is 11.3 Å². The van der Waals surface area contributed by atoms with Crippen LogP contribution in [0.5, 0.6) is 5.88 Å². The van der Waals surface area contributed by atoms with E-state index in [0.29, 0.717) is 43.4 Å². The van der Waals surface area contributed by atoms with Crippen LogP contribution in [0, 0.1) is 11.3 Å². The molecule has 0 spiro atoms. The highest BCUT2D eigenvalue weighted by Crippen LogP contribution is 2.47. The lowest BCUT2D eigenvalue weighted by molar-refractivity contribution is -0.146. The molecule has 3 rings (SSSR count). The minimum absolute atomic E-state index is 0.0373. The van der Waals surface area contributed by atoms with Gasteiger partial charge in [0.15, 0.2) is 0 Å². The van der Waals surface area contributed by atoms with Crippen LogP contribution in [0.25, 0.3) is 0 Å². The van der Waals surface area contributed by atoms with Gasteiger partial charge in [0.05, 0.1) is 12.5 Å². The zero-order valence-electron chi connectivity index (χ0n) is 17.2. The van der Waals surface area contributed by atoms with Gasteiger partial charge in [0, 0.05) is 24.7 Å². The number of carboxylic acid groups (broad SMARTS) is 1. The largest absolute Gasteiger partial charge is 0.481 e. The van der Waals surface area contributed by atoms with Gasteiger partial charge in [0.1, 0.15) is 5.69 Å². The monoisotopic (exact) mass is 429 g/mol. The molecule has 1 aromatic rings. The summed E-state index contributed by atoms with van der Waals surface area (Å²) < 4.78 is 44.8. The third-order valence-corrected chi connectivity index (χ3v) is 6.35. The first kappa shape index (κ1) is 22.2. The maximum Gasteiger partial charge on any atom is 0.433 e. The number of aromatic nitrogens is 1. The number of methoxy groups -OCH3 is 1. The zero-order chi connectivity index (χ0) is 22.3. The molecule has 2 amide bonds. The van der Waals surface area contributed by atoms with Gasteiger partial charge in [-0.15, -0.1) is 0 Å². The van der Waals surface area contributed by atoms with Crippen molar-refractivity contribution in [1.29, 1.82) is 0 Å². The minimum Gasteiger partial charge on any atom is -0.481 e. The summed E-state index contributed by atoms with van der Waals surface area (Å²) in [6.07, 6.45) is -3.93. The number of alkyl halides is 3. The van der Waals surface area contributed by atoms with Crippen molar-refractivity contribution in [1.82, 2.24) is 15.2 Å². The second kappa shape index (κ2) is 7.96. The highest BCUT2D eigenvalue weighted by Gasteiger charge is 2.50. The molecule has 1 fully saturated rings. The molecular weight excluding hydrogens is 403 g/mol. The Labute approximate surface area is 172 Å². The summed E-state index contributed by atoms with van der Waals surface area (Å²) in [4.78, 5) is 29.7. The van der Waals surface area contributed by atoms with Crippen LogP contribution in [0.1, 0.15) is 49.9 Å². The Morgan fingerprint density at radius 3 is 2.67 bits per heavy atom. The lowest BCUT2D eigenvalue weighted by atomic mass is 9.74. The molecule has 0 bridgehead atoms. The summed E-state index contributed by atoms with van der Waals surface area (Å²) in [5.74, 6) is -0.232. The maximum atomic E-state index is 13.5. The molecule has 0 radical (unpaired) electrons. The minimum atomic E-state index is -4.62. The molecule has 1 aliphatic heterocycles. The SMILES string of the molecule is COc1nc(C(F)(F)F)cc2c1CCN(C(=O)[C@@]1(C(C)C)CC[C@@H](NC(=O)O)C1)C2. The predicted octanol–water partition coefficient (Wildman–Crippen LogP) is 3.46. The fourth-order valence-corrected chi connectivity index (χ4v) is 4.68. The Kier molecular flexibility index (Phi) is 5.88. The number of hydrogen-bond acceptors (Lipinski definition) is 4. The zero-order valence-corrected chi connectivity index (χ0v) is 17.2. The van der Waals surface area contributed by atoms with Gasteiger partial charge in [-0.05, 0) is 43.2 Å². The first-order valence-corrected chi connectivity index (χ1v) is 9.90. The van der Waals surface area contributed by atoms with Crippen molar-refractivity contribution in [3.63, 3.8) is 0 Å². The van der Waals surface area contributed by atoms with E-state index in [2.05, 4.69) is 10.3 Å². The lowest BCUT2D eigenvalue weighted by Gasteiger charge is -2.39. The molecule has 2 N–H and O–H groups in total. The van der Waals surface area contributed by atoms with E-state index in [9.17, 15) is 22.8 Å². The third kappa shape index (κ3) is 4.04. The van der Waals surface area contributed by atoms with Gasteiger partial charge in [-0.1, -0.05) is 13.8 Å². The molecule has 30 heavy (non-hydrogen) atoms. The maximum absolute atomic E-state index is 13.5. The number of nitrogens with zero attached hydrogens (tertiary/aromatic N) is 2. The number of pyridine rings is 1. The molecule has 2 aliphatic rings. The Morgan fingerprint density at radius 1 is 1.40 bits per heavy atom. The molecule has 1 aliphatic carbocycles. The number of carbonyl (C=O) groups is 2. The van der Waals surface area contributed by atoms with Crippen molar-refractivity contribution in [2.45, 2.75) is 58.3 Å². The number of nitrogens with one attached hydrogen (secondary N) is 1. The van der Waals surface area contributed by atoms with Crippen LogP contribution in [0.3, 0.4) is 0 Å². The number of fused-ring (bicyclic) bond motifs is 1. The molecular formula is C20H26F3N3O4. The normalized spacial score (nSPS) is 24.0. The summed E-state index contributed by atoms with van der Waals surface area (Å²) >= 11 is 0. The van der Waals surface area contributed by atoms with Crippen LogP contribution >= 0.6 is 0 Å². The number of hydrogen-bond donors (Lipinski definition) is 2. The highest BCUT2D eigenvalue weighted by molar-refractivity contribution is 5.84. The fourth-order valence-electron chi connectivity index (χ4n) is 4.68. The van der Waals surface area contributed by atoms with Crippen LogP contribution < -0.4 is 10.1 Å². The number of halogens is 3. The van der Waals surface area contributed by atoms with E-state index in [1.807, 2.05) is 13.8 Å². The smallest absolute Gasteiger partial charge is 0.433 e. The Morgan fingerprint density at radius 2 is 2.10 bits per heavy atom. The van der Waals surface area contributed by atoms with E-state index < -0.39 is 23.4 Å². The van der Waals surface area contributed by atoms with Crippen molar-refractivity contribution in [2.75, 3.05) is 13.7 Å². The molecule has 2 atom stereocenters. The number of carbonyl (C=O) groups excluding carboxylic acids is 1. The second-order valence-electron chi connectivity index (χ2n) is 8.33. The van der Waals surface area contributed by atoms with Crippen LogP contribution in [0.2, 0.25) is 0 Å². The van der Waals surface area contributed by atoms with E-state index in [1.54, 1.807) is 4.90 Å². The van der Waals surface area contributed by atoms with Gasteiger partial charge >= 0.3 is 12.3 Å². The van der Waals surface area contributed by atoms with Gasteiger partial charge in [0.2, 0.25) is 11.8 Å². The van der Waals surface area contributed by atoms with E-state index in [1.165, 1.54) is 7.11 Å². The van der Waals surface area contributed by atoms with Crippen molar-refractivity contribution in [3.05, 3.63) is 22.9 Å². The fraction of sp³-hybridized carbons (Fsp3) is 0.650. The topological polar surface area (TPSA) is 91.8 Å². The second-order valence-corrected chi connectivity index (χ2v) is 8.33. The standard InChI is InChI=1S/C20H26F3N3O4/c1-11(2)19(6-4-13(9-19)24-18(28)29)17(27)26-7-5-14-12(10-26)8-15(20(21,22)23)25-16(14)30-3/h8,11,13,24H,4-7,9-10H2,1-3H3,(H,28,29)/t13-,19+/m1/s1. The van der Waals surface area contributed by atoms with E-state index >= 15 is 0 Å². The lowest BCUT2D eigenvalue weighted by Crippen LogP contribution is -2.48. The summed E-state index contributed by atoms with van der Waals surface area (Å²) in [6, 6.07) is 0.676. The van der Waals surface area contributed by atoms with Crippen molar-refractivity contribution >= 4 is 12.0 Å². The van der Waals surface area contributed by atoms with Crippen molar-refractivity contribution < 1.29 is 32.6 Å². The average Bonchev–Trinajstić information content (AvgIpc) is 3.09. The molecule has 0 saturated heterocycles. The molecule has 10 heteroatoms.